The van der Waals surface area contributed by atoms with E-state index in [1.807, 2.05) is 30.3 Å². The van der Waals surface area contributed by atoms with Crippen LogP contribution in [0.1, 0.15) is 11.1 Å². The van der Waals surface area contributed by atoms with Gasteiger partial charge in [-0.15, -0.1) is 4.40 Å². The molecule has 9 heteroatoms. The summed E-state index contributed by atoms with van der Waals surface area (Å²) in [6.45, 7) is 0. The van der Waals surface area contributed by atoms with Gasteiger partial charge in [-0.2, -0.15) is 13.5 Å². The van der Waals surface area contributed by atoms with E-state index in [9.17, 15) is 18.5 Å². The van der Waals surface area contributed by atoms with E-state index in [4.69, 9.17) is 0 Å². The average Bonchev–Trinajstić information content (AvgIpc) is 2.84. The molecule has 0 N–H and O–H groups in total. The minimum atomic E-state index is -3.97. The molecular formula is C15H12N4O4S. The molecule has 0 saturated heterocycles. The highest BCUT2D eigenvalue weighted by molar-refractivity contribution is 7.90. The van der Waals surface area contributed by atoms with Crippen LogP contribution in [-0.2, 0) is 10.0 Å². The topological polar surface area (TPSA) is 105 Å². The van der Waals surface area contributed by atoms with Crippen LogP contribution in [0.25, 0.3) is 0 Å². The molecule has 3 rings (SSSR count). The van der Waals surface area contributed by atoms with Crippen LogP contribution in [0.3, 0.4) is 0 Å². The number of non-ortho nitro benzene ring substituents is 1. The molecule has 0 unspecified atom stereocenters. The Kier molecular flexibility index (Phi) is 3.86. The van der Waals surface area contributed by atoms with Gasteiger partial charge in [-0.25, -0.2) is 5.01 Å². The molecule has 1 heterocycles. The zero-order valence-corrected chi connectivity index (χ0v) is 13.3. The summed E-state index contributed by atoms with van der Waals surface area (Å²) >= 11 is 0. The third-order valence-corrected chi connectivity index (χ3v) is 4.69. The zero-order valence-electron chi connectivity index (χ0n) is 12.5. The highest BCUT2D eigenvalue weighted by atomic mass is 32.2. The van der Waals surface area contributed by atoms with Crippen molar-refractivity contribution in [2.45, 2.75) is 4.90 Å². The Morgan fingerprint density at radius 2 is 1.92 bits per heavy atom. The van der Waals surface area contributed by atoms with Crippen LogP contribution in [0.15, 0.2) is 62.9 Å². The molecule has 1 aliphatic rings. The van der Waals surface area contributed by atoms with Crippen molar-refractivity contribution in [1.29, 1.82) is 0 Å². The number of amidine groups is 1. The Morgan fingerprint density at radius 1 is 1.21 bits per heavy atom. The molecule has 0 atom stereocenters. The second-order valence-electron chi connectivity index (χ2n) is 5.01. The molecular weight excluding hydrogens is 332 g/mol. The summed E-state index contributed by atoms with van der Waals surface area (Å²) in [4.78, 5) is 9.99. The first-order valence-electron chi connectivity index (χ1n) is 6.85. The number of rotatable bonds is 3. The summed E-state index contributed by atoms with van der Waals surface area (Å²) in [7, 11) is -2.41. The molecule has 2 aromatic carbocycles. The van der Waals surface area contributed by atoms with Gasteiger partial charge in [-0.05, 0) is 11.6 Å². The van der Waals surface area contributed by atoms with Crippen LogP contribution in [0, 0.1) is 10.1 Å². The van der Waals surface area contributed by atoms with E-state index < -0.39 is 14.9 Å². The molecule has 122 valence electrons. The van der Waals surface area contributed by atoms with E-state index in [0.29, 0.717) is 0 Å². The van der Waals surface area contributed by atoms with Crippen molar-refractivity contribution in [3.8, 4) is 0 Å². The molecule has 2 aromatic rings. The fourth-order valence-electron chi connectivity index (χ4n) is 2.22. The van der Waals surface area contributed by atoms with Gasteiger partial charge in [0.25, 0.3) is 15.7 Å². The van der Waals surface area contributed by atoms with E-state index in [1.54, 1.807) is 13.3 Å². The lowest BCUT2D eigenvalue weighted by atomic mass is 10.2. The molecule has 0 amide bonds. The van der Waals surface area contributed by atoms with E-state index in [2.05, 4.69) is 9.50 Å². The minimum Gasteiger partial charge on any atom is -0.258 e. The van der Waals surface area contributed by atoms with E-state index in [1.165, 1.54) is 17.1 Å². The maximum Gasteiger partial charge on any atom is 0.285 e. The molecule has 0 spiro atoms. The average molecular weight is 344 g/mol. The molecule has 0 aromatic heterocycles. The molecule has 8 nitrogen and oxygen atoms in total. The third-order valence-electron chi connectivity index (χ3n) is 3.39. The lowest BCUT2D eigenvalue weighted by molar-refractivity contribution is -0.385. The maximum atomic E-state index is 12.1. The third kappa shape index (κ3) is 2.88. The molecule has 0 aliphatic carbocycles. The number of nitro benzene ring substituents is 1. The Hall–Kier alpha value is -3.07. The number of sulfonamides is 1. The molecule has 0 radical (unpaired) electrons. The van der Waals surface area contributed by atoms with Crippen LogP contribution in [0.2, 0.25) is 0 Å². The van der Waals surface area contributed by atoms with Crippen molar-refractivity contribution in [3.63, 3.8) is 0 Å². The number of hydrazone groups is 1. The molecule has 1 aliphatic heterocycles. The molecule has 0 saturated carbocycles. The number of nitrogens with zero attached hydrogens (tertiary/aromatic N) is 4. The molecule has 0 bridgehead atoms. The van der Waals surface area contributed by atoms with Crippen LogP contribution in [0.4, 0.5) is 5.69 Å². The van der Waals surface area contributed by atoms with Gasteiger partial charge in [0.1, 0.15) is 4.90 Å². The summed E-state index contributed by atoms with van der Waals surface area (Å²) in [5.74, 6) is 0.118. The number of benzene rings is 2. The zero-order chi connectivity index (χ0) is 17.3. The lowest BCUT2D eigenvalue weighted by Gasteiger charge is -2.12. The maximum absolute atomic E-state index is 12.1. The van der Waals surface area contributed by atoms with Crippen molar-refractivity contribution in [1.82, 2.24) is 5.01 Å². The summed E-state index contributed by atoms with van der Waals surface area (Å²) in [5.41, 5.74) is 0.826. The first kappa shape index (κ1) is 15.8. The Morgan fingerprint density at radius 3 is 2.58 bits per heavy atom. The quantitative estimate of drug-likeness (QED) is 0.481. The minimum absolute atomic E-state index is 0.118. The first-order chi connectivity index (χ1) is 11.4. The van der Waals surface area contributed by atoms with Gasteiger partial charge in [0.15, 0.2) is 5.84 Å². The largest absolute Gasteiger partial charge is 0.285 e. The Bertz CT molecular complexity index is 968. The van der Waals surface area contributed by atoms with Crippen molar-refractivity contribution < 1.29 is 13.3 Å². The van der Waals surface area contributed by atoms with E-state index in [-0.39, 0.29) is 22.0 Å². The van der Waals surface area contributed by atoms with Crippen molar-refractivity contribution in [3.05, 3.63) is 69.8 Å². The van der Waals surface area contributed by atoms with Gasteiger partial charge < -0.3 is 0 Å². The van der Waals surface area contributed by atoms with Crippen LogP contribution >= 0.6 is 0 Å². The molecule has 0 fully saturated rings. The standard InChI is InChI=1S/C15H12N4O4S/c1-18(16-10-11-5-3-2-4-6-11)15-13-8-7-12(19(20)21)9-14(13)24(22,23)17-15/h2-10H,1H3/b16-10+. The number of hydrogen-bond donors (Lipinski definition) is 0. The smallest absolute Gasteiger partial charge is 0.258 e. The summed E-state index contributed by atoms with van der Waals surface area (Å²) in [6.07, 6.45) is 1.57. The summed E-state index contributed by atoms with van der Waals surface area (Å²) in [6, 6.07) is 12.9. The van der Waals surface area contributed by atoms with E-state index >= 15 is 0 Å². The van der Waals surface area contributed by atoms with Crippen molar-refractivity contribution in [2.24, 2.45) is 9.50 Å². The fraction of sp³-hybridized carbons (Fsp3) is 0.0667. The van der Waals surface area contributed by atoms with Crippen molar-refractivity contribution >= 4 is 27.8 Å². The Labute approximate surface area is 138 Å². The molecule has 24 heavy (non-hydrogen) atoms. The van der Waals surface area contributed by atoms with E-state index in [0.717, 1.165) is 11.6 Å². The number of nitro groups is 1. The number of fused-ring (bicyclic) bond motifs is 1. The van der Waals surface area contributed by atoms with Gasteiger partial charge in [0, 0.05) is 24.7 Å². The number of hydrogen-bond acceptors (Lipinski definition) is 6. The first-order valence-corrected chi connectivity index (χ1v) is 8.29. The SMILES string of the molecule is CN(/N=C/c1ccccc1)C1=NS(=O)(=O)c2cc([N+](=O)[O-])ccc21. The summed E-state index contributed by atoms with van der Waals surface area (Å²) in [5, 5.41) is 16.3. The highest BCUT2D eigenvalue weighted by Gasteiger charge is 2.32. The van der Waals surface area contributed by atoms with Gasteiger partial charge in [0.2, 0.25) is 0 Å². The van der Waals surface area contributed by atoms with Gasteiger partial charge in [-0.3, -0.25) is 10.1 Å². The van der Waals surface area contributed by atoms with Gasteiger partial charge in [0.05, 0.1) is 11.1 Å². The fourth-order valence-corrected chi connectivity index (χ4v) is 3.46. The summed E-state index contributed by atoms with van der Waals surface area (Å²) < 4.78 is 27.9. The predicted molar refractivity (Wildman–Crippen MR) is 88.6 cm³/mol. The second-order valence-corrected chi connectivity index (χ2v) is 6.58. The van der Waals surface area contributed by atoms with Crippen LogP contribution < -0.4 is 0 Å². The highest BCUT2D eigenvalue weighted by Crippen LogP contribution is 2.30. The monoisotopic (exact) mass is 344 g/mol. The Balaban J connectivity index is 1.96. The lowest BCUT2D eigenvalue weighted by Crippen LogP contribution is -2.21. The van der Waals surface area contributed by atoms with Crippen LogP contribution in [0.5, 0.6) is 0 Å². The van der Waals surface area contributed by atoms with Crippen LogP contribution in [-0.4, -0.2) is 37.4 Å². The van der Waals surface area contributed by atoms with Crippen molar-refractivity contribution in [2.75, 3.05) is 7.05 Å². The van der Waals surface area contributed by atoms with Gasteiger partial charge >= 0.3 is 0 Å². The predicted octanol–water partition coefficient (Wildman–Crippen LogP) is 2.01. The normalized spacial score (nSPS) is 15.1. The second kappa shape index (κ2) is 5.85. The van der Waals surface area contributed by atoms with Gasteiger partial charge in [-0.1, -0.05) is 30.3 Å².